The number of anilines is 2. The number of urea groups is 1. The van der Waals surface area contributed by atoms with Crippen LogP contribution in [0.1, 0.15) is 27.6 Å². The number of carbonyl (C=O) groups is 2. The molecule has 1 atom stereocenters. The van der Waals surface area contributed by atoms with Crippen molar-refractivity contribution < 1.29 is 37.3 Å². The highest BCUT2D eigenvalue weighted by atomic mass is 19.1. The molecule has 0 radical (unpaired) electrons. The third-order valence-corrected chi connectivity index (χ3v) is 5.89. The number of rotatable bonds is 9. The Hall–Kier alpha value is -5.12. The van der Waals surface area contributed by atoms with Crippen molar-refractivity contribution in [3.05, 3.63) is 113 Å². The van der Waals surface area contributed by atoms with Gasteiger partial charge in [-0.2, -0.15) is 0 Å². The summed E-state index contributed by atoms with van der Waals surface area (Å²) in [5, 5.41) is 5.30. The van der Waals surface area contributed by atoms with Crippen molar-refractivity contribution in [1.29, 1.82) is 0 Å². The number of esters is 1. The van der Waals surface area contributed by atoms with Crippen molar-refractivity contribution in [2.75, 3.05) is 32.0 Å². The second-order valence-electron chi connectivity index (χ2n) is 8.40. The van der Waals surface area contributed by atoms with Gasteiger partial charge in [0.15, 0.2) is 17.6 Å². The van der Waals surface area contributed by atoms with Crippen molar-refractivity contribution in [1.82, 2.24) is 0 Å². The van der Waals surface area contributed by atoms with Crippen LogP contribution in [0, 0.1) is 11.6 Å². The molecule has 40 heavy (non-hydrogen) atoms. The third kappa shape index (κ3) is 6.29. The highest BCUT2D eigenvalue weighted by molar-refractivity contribution is 6.01. The number of carbonyl (C=O) groups excluding carboxylic acids is 2. The lowest BCUT2D eigenvalue weighted by Crippen LogP contribution is -2.20. The Morgan fingerprint density at radius 2 is 1.30 bits per heavy atom. The number of amides is 2. The molecule has 0 aliphatic carbocycles. The molecule has 4 aromatic rings. The van der Waals surface area contributed by atoms with Crippen LogP contribution in [0.4, 0.5) is 25.0 Å². The van der Waals surface area contributed by atoms with Crippen LogP contribution in [0.2, 0.25) is 0 Å². The molecule has 2 amide bonds. The number of methoxy groups -OCH3 is 3. The van der Waals surface area contributed by atoms with Crippen molar-refractivity contribution in [2.45, 2.75) is 6.10 Å². The number of ether oxygens (including phenoxy) is 4. The zero-order valence-electron chi connectivity index (χ0n) is 21.9. The number of halogens is 2. The molecule has 8 nitrogen and oxygen atoms in total. The molecule has 0 saturated heterocycles. The maximum absolute atomic E-state index is 14.8. The fourth-order valence-electron chi connectivity index (χ4n) is 4.00. The monoisotopic (exact) mass is 548 g/mol. The molecule has 206 valence electrons. The first-order chi connectivity index (χ1) is 19.3. The fourth-order valence-corrected chi connectivity index (χ4v) is 4.00. The minimum atomic E-state index is -1.22. The molecule has 0 aliphatic heterocycles. The summed E-state index contributed by atoms with van der Waals surface area (Å²) in [4.78, 5) is 25.3. The van der Waals surface area contributed by atoms with Gasteiger partial charge in [-0.25, -0.2) is 18.4 Å². The van der Waals surface area contributed by atoms with Crippen LogP contribution in [0.25, 0.3) is 0 Å². The van der Waals surface area contributed by atoms with E-state index in [0.29, 0.717) is 22.7 Å². The van der Waals surface area contributed by atoms with Gasteiger partial charge in [-0.05, 0) is 48.0 Å². The zero-order chi connectivity index (χ0) is 28.6. The van der Waals surface area contributed by atoms with Crippen molar-refractivity contribution >= 4 is 23.4 Å². The maximum atomic E-state index is 14.8. The first-order valence-corrected chi connectivity index (χ1v) is 12.0. The van der Waals surface area contributed by atoms with Gasteiger partial charge in [0, 0.05) is 17.4 Å². The molecule has 0 fully saturated rings. The summed E-state index contributed by atoms with van der Waals surface area (Å²) in [5.41, 5.74) is 0.740. The van der Waals surface area contributed by atoms with E-state index in [1.165, 1.54) is 45.6 Å². The quantitative estimate of drug-likeness (QED) is 0.230. The average molecular weight is 549 g/mol. The summed E-state index contributed by atoms with van der Waals surface area (Å²) in [6.07, 6.45) is -1.22. The third-order valence-electron chi connectivity index (χ3n) is 5.89. The molecular formula is C30H26F2N2O6. The number of hydrogen-bond donors (Lipinski definition) is 2. The second-order valence-corrected chi connectivity index (χ2v) is 8.40. The van der Waals surface area contributed by atoms with Gasteiger partial charge >= 0.3 is 12.0 Å². The summed E-state index contributed by atoms with van der Waals surface area (Å²) in [6.45, 7) is 0. The predicted octanol–water partition coefficient (Wildman–Crippen LogP) is 6.58. The molecule has 10 heteroatoms. The zero-order valence-corrected chi connectivity index (χ0v) is 21.9. The van der Waals surface area contributed by atoms with E-state index in [1.807, 2.05) is 0 Å². The summed E-state index contributed by atoms with van der Waals surface area (Å²) in [5.74, 6) is -1.48. The maximum Gasteiger partial charge on any atom is 0.341 e. The Kier molecular flexibility index (Phi) is 8.80. The molecule has 4 rings (SSSR count). The second kappa shape index (κ2) is 12.6. The summed E-state index contributed by atoms with van der Waals surface area (Å²) < 4.78 is 51.0. The summed E-state index contributed by atoms with van der Waals surface area (Å²) >= 11 is 0. The number of benzene rings is 4. The van der Waals surface area contributed by atoms with E-state index in [4.69, 9.17) is 18.9 Å². The topological polar surface area (TPSA) is 95.1 Å². The summed E-state index contributed by atoms with van der Waals surface area (Å²) in [6, 6.07) is 20.5. The smallest absolute Gasteiger partial charge is 0.341 e. The van der Waals surface area contributed by atoms with Gasteiger partial charge in [-0.3, -0.25) is 0 Å². The molecule has 1 unspecified atom stereocenters. The van der Waals surface area contributed by atoms with Gasteiger partial charge in [-0.15, -0.1) is 0 Å². The van der Waals surface area contributed by atoms with Gasteiger partial charge < -0.3 is 29.6 Å². The van der Waals surface area contributed by atoms with E-state index in [2.05, 4.69) is 10.6 Å². The molecule has 0 bridgehead atoms. The molecule has 0 spiro atoms. The average Bonchev–Trinajstić information content (AvgIpc) is 2.97. The minimum Gasteiger partial charge on any atom is -0.493 e. The number of nitrogens with one attached hydrogen (secondary N) is 2. The molecule has 4 aromatic carbocycles. The predicted molar refractivity (Wildman–Crippen MR) is 145 cm³/mol. The van der Waals surface area contributed by atoms with Crippen molar-refractivity contribution in [3.8, 4) is 17.2 Å². The summed E-state index contributed by atoms with van der Waals surface area (Å²) in [7, 11) is 4.16. The lowest BCUT2D eigenvalue weighted by Gasteiger charge is -2.23. The van der Waals surface area contributed by atoms with Gasteiger partial charge in [0.2, 0.25) is 0 Å². The van der Waals surface area contributed by atoms with Gasteiger partial charge in [-0.1, -0.05) is 36.4 Å². The minimum absolute atomic E-state index is 0.00537. The van der Waals surface area contributed by atoms with Gasteiger partial charge in [0.25, 0.3) is 0 Å². The van der Waals surface area contributed by atoms with Gasteiger partial charge in [0.05, 0.1) is 26.9 Å². The highest BCUT2D eigenvalue weighted by Gasteiger charge is 2.26. The highest BCUT2D eigenvalue weighted by Crippen LogP contribution is 2.35. The Balaban J connectivity index is 1.63. The van der Waals surface area contributed by atoms with E-state index >= 15 is 0 Å². The van der Waals surface area contributed by atoms with Crippen LogP contribution >= 0.6 is 0 Å². The van der Waals surface area contributed by atoms with E-state index in [0.717, 1.165) is 12.1 Å². The standard InChI is InChI=1S/C30H26F2N2O6/c1-37-25-15-13-20(17-26(25)38-2)34-30(36)33-19-12-14-24(21(16-19)29(35)39-3)40-28(18-8-5-4-6-9-18)27-22(31)10-7-11-23(27)32/h4-17,28H,1-3H3,(H2,33,34,36). The molecule has 0 aromatic heterocycles. The Morgan fingerprint density at radius 1 is 0.700 bits per heavy atom. The first-order valence-electron chi connectivity index (χ1n) is 12.0. The normalized spacial score (nSPS) is 11.2. The largest absolute Gasteiger partial charge is 0.493 e. The van der Waals surface area contributed by atoms with Crippen LogP contribution < -0.4 is 24.8 Å². The lowest BCUT2D eigenvalue weighted by molar-refractivity contribution is 0.0594. The first kappa shape index (κ1) is 27.9. The van der Waals surface area contributed by atoms with E-state index in [9.17, 15) is 18.4 Å². The molecule has 0 saturated carbocycles. The van der Waals surface area contributed by atoms with Gasteiger partial charge in [0.1, 0.15) is 22.9 Å². The van der Waals surface area contributed by atoms with Crippen LogP contribution in [-0.2, 0) is 4.74 Å². The number of hydrogen-bond acceptors (Lipinski definition) is 6. The van der Waals surface area contributed by atoms with Crippen LogP contribution in [0.5, 0.6) is 17.2 Å². The molecule has 2 N–H and O–H groups in total. The van der Waals surface area contributed by atoms with Crippen LogP contribution in [-0.4, -0.2) is 33.3 Å². The molecule has 0 heterocycles. The lowest BCUT2D eigenvalue weighted by atomic mass is 10.00. The Labute approximate surface area is 229 Å². The molecule has 0 aliphatic rings. The SMILES string of the molecule is COC(=O)c1cc(NC(=O)Nc2ccc(OC)c(OC)c2)ccc1OC(c1ccccc1)c1c(F)cccc1F. The Morgan fingerprint density at radius 3 is 1.90 bits per heavy atom. The van der Waals surface area contributed by atoms with E-state index in [-0.39, 0.29) is 22.6 Å². The Bertz CT molecular complexity index is 1490. The molecular weight excluding hydrogens is 522 g/mol. The fraction of sp³-hybridized carbons (Fsp3) is 0.133. The van der Waals surface area contributed by atoms with Crippen molar-refractivity contribution in [3.63, 3.8) is 0 Å². The van der Waals surface area contributed by atoms with E-state index < -0.39 is 29.7 Å². The van der Waals surface area contributed by atoms with Crippen LogP contribution in [0.15, 0.2) is 84.9 Å². The van der Waals surface area contributed by atoms with E-state index in [1.54, 1.807) is 48.5 Å². The van der Waals surface area contributed by atoms with Crippen molar-refractivity contribution in [2.24, 2.45) is 0 Å². The van der Waals surface area contributed by atoms with Crippen LogP contribution in [0.3, 0.4) is 0 Å².